The fraction of sp³-hybridized carbons (Fsp3) is 0.154. The van der Waals surface area contributed by atoms with Crippen molar-refractivity contribution in [1.82, 2.24) is 20.2 Å². The molecule has 0 atom stereocenters. The molecule has 2 N–H and O–H groups in total. The lowest BCUT2D eigenvalue weighted by atomic mass is 10.2. The van der Waals surface area contributed by atoms with E-state index >= 15 is 0 Å². The Labute approximate surface area is 104 Å². The summed E-state index contributed by atoms with van der Waals surface area (Å²) in [6, 6.07) is 7.94. The summed E-state index contributed by atoms with van der Waals surface area (Å²) in [6.07, 6.45) is 3.60. The highest BCUT2D eigenvalue weighted by Gasteiger charge is 2.02. The molecule has 5 nitrogen and oxygen atoms in total. The van der Waals surface area contributed by atoms with E-state index in [0.717, 1.165) is 28.1 Å². The molecule has 2 heterocycles. The van der Waals surface area contributed by atoms with Gasteiger partial charge >= 0.3 is 0 Å². The molecule has 0 spiro atoms. The lowest BCUT2D eigenvalue weighted by molar-refractivity contribution is 0.956. The molecule has 0 aliphatic carbocycles. The Morgan fingerprint density at radius 1 is 1.28 bits per heavy atom. The quantitative estimate of drug-likeness (QED) is 0.735. The third-order valence-corrected chi connectivity index (χ3v) is 2.78. The number of nitrogens with zero attached hydrogens (tertiary/aromatic N) is 3. The Morgan fingerprint density at radius 2 is 2.22 bits per heavy atom. The number of benzene rings is 1. The van der Waals surface area contributed by atoms with E-state index in [4.69, 9.17) is 0 Å². The Morgan fingerprint density at radius 3 is 3.11 bits per heavy atom. The van der Waals surface area contributed by atoms with Crippen LogP contribution in [0.5, 0.6) is 0 Å². The first-order valence-electron chi connectivity index (χ1n) is 5.77. The van der Waals surface area contributed by atoms with Crippen molar-refractivity contribution in [1.29, 1.82) is 0 Å². The van der Waals surface area contributed by atoms with Crippen molar-refractivity contribution >= 4 is 16.6 Å². The van der Waals surface area contributed by atoms with Crippen molar-refractivity contribution in [2.24, 2.45) is 0 Å². The largest absolute Gasteiger partial charge is 0.379 e. The number of nitrogens with one attached hydrogen (secondary N) is 2. The monoisotopic (exact) mass is 239 g/mol. The molecule has 2 aromatic heterocycles. The second-order valence-electron chi connectivity index (χ2n) is 4.09. The number of hydrogen-bond acceptors (Lipinski definition) is 4. The van der Waals surface area contributed by atoms with Gasteiger partial charge in [-0.1, -0.05) is 6.07 Å². The van der Waals surface area contributed by atoms with Crippen LogP contribution in [0.15, 0.2) is 36.7 Å². The Hall–Kier alpha value is -2.43. The minimum Gasteiger partial charge on any atom is -0.379 e. The molecule has 0 aliphatic heterocycles. The Kier molecular flexibility index (Phi) is 2.64. The summed E-state index contributed by atoms with van der Waals surface area (Å²) in [4.78, 5) is 8.44. The van der Waals surface area contributed by atoms with Crippen molar-refractivity contribution in [3.05, 3.63) is 48.2 Å². The van der Waals surface area contributed by atoms with E-state index in [9.17, 15) is 0 Å². The average Bonchev–Trinajstić information content (AvgIpc) is 2.85. The van der Waals surface area contributed by atoms with Gasteiger partial charge in [0.15, 0.2) is 0 Å². The van der Waals surface area contributed by atoms with Crippen LogP contribution in [0, 0.1) is 6.92 Å². The molecule has 0 aliphatic rings. The van der Waals surface area contributed by atoms with E-state index < -0.39 is 0 Å². The summed E-state index contributed by atoms with van der Waals surface area (Å²) < 4.78 is 0. The van der Waals surface area contributed by atoms with Gasteiger partial charge in [0.1, 0.15) is 5.82 Å². The van der Waals surface area contributed by atoms with E-state index in [1.165, 1.54) is 0 Å². The summed E-state index contributed by atoms with van der Waals surface area (Å²) in [5, 5.41) is 11.4. The van der Waals surface area contributed by atoms with Gasteiger partial charge < -0.3 is 5.32 Å². The zero-order chi connectivity index (χ0) is 12.4. The van der Waals surface area contributed by atoms with Gasteiger partial charge in [-0.15, -0.1) is 0 Å². The predicted molar refractivity (Wildman–Crippen MR) is 70.2 cm³/mol. The summed E-state index contributed by atoms with van der Waals surface area (Å²) >= 11 is 0. The normalized spacial score (nSPS) is 10.7. The van der Waals surface area contributed by atoms with Gasteiger partial charge in [-0.05, 0) is 25.1 Å². The average molecular weight is 239 g/mol. The fourth-order valence-corrected chi connectivity index (χ4v) is 1.91. The van der Waals surface area contributed by atoms with Gasteiger partial charge in [0.25, 0.3) is 0 Å². The van der Waals surface area contributed by atoms with Gasteiger partial charge in [-0.3, -0.25) is 5.10 Å². The van der Waals surface area contributed by atoms with Crippen LogP contribution in [0.2, 0.25) is 0 Å². The van der Waals surface area contributed by atoms with E-state index in [-0.39, 0.29) is 0 Å². The van der Waals surface area contributed by atoms with Crippen LogP contribution in [-0.2, 0) is 6.54 Å². The van der Waals surface area contributed by atoms with Crippen LogP contribution in [0.1, 0.15) is 11.5 Å². The fourth-order valence-electron chi connectivity index (χ4n) is 1.91. The maximum Gasteiger partial charge on any atom is 0.125 e. The minimum atomic E-state index is 0.674. The van der Waals surface area contributed by atoms with Crippen molar-refractivity contribution < 1.29 is 0 Å². The van der Waals surface area contributed by atoms with Gasteiger partial charge in [-0.25, -0.2) is 9.97 Å². The number of anilines is 1. The smallest absolute Gasteiger partial charge is 0.125 e. The molecule has 0 fully saturated rings. The molecule has 0 radical (unpaired) electrons. The maximum atomic E-state index is 4.36. The Bertz CT molecular complexity index is 674. The van der Waals surface area contributed by atoms with Crippen LogP contribution < -0.4 is 5.32 Å². The highest BCUT2D eigenvalue weighted by Crippen LogP contribution is 2.21. The topological polar surface area (TPSA) is 66.5 Å². The molecule has 0 unspecified atom stereocenters. The minimum absolute atomic E-state index is 0.674. The number of H-pyrrole nitrogens is 1. The molecule has 5 heteroatoms. The molecular weight excluding hydrogens is 226 g/mol. The molecule has 3 aromatic rings. The van der Waals surface area contributed by atoms with Gasteiger partial charge in [0.2, 0.25) is 0 Å². The van der Waals surface area contributed by atoms with Crippen molar-refractivity contribution in [3.63, 3.8) is 0 Å². The second kappa shape index (κ2) is 4.44. The van der Waals surface area contributed by atoms with E-state index in [1.54, 1.807) is 6.20 Å². The molecular formula is C13H13N5. The highest BCUT2D eigenvalue weighted by atomic mass is 15.1. The van der Waals surface area contributed by atoms with Gasteiger partial charge in [0.05, 0.1) is 24.0 Å². The number of aryl methyl sites for hydroxylation is 1. The van der Waals surface area contributed by atoms with Crippen LogP contribution in [0.3, 0.4) is 0 Å². The molecule has 1 aromatic carbocycles. The number of aromatic amines is 1. The zero-order valence-corrected chi connectivity index (χ0v) is 10.0. The molecule has 0 amide bonds. The summed E-state index contributed by atoms with van der Waals surface area (Å²) in [5.41, 5.74) is 3.05. The van der Waals surface area contributed by atoms with Crippen molar-refractivity contribution in [3.8, 4) is 0 Å². The van der Waals surface area contributed by atoms with Crippen LogP contribution in [0.4, 0.5) is 5.69 Å². The SMILES string of the molecule is Cc1nccc(CNc2cccc3[nH]ncc23)n1. The third-order valence-electron chi connectivity index (χ3n) is 2.78. The van der Waals surface area contributed by atoms with Crippen LogP contribution in [0.25, 0.3) is 10.9 Å². The molecule has 18 heavy (non-hydrogen) atoms. The first-order chi connectivity index (χ1) is 8.83. The molecule has 0 saturated carbocycles. The number of aromatic nitrogens is 4. The number of rotatable bonds is 3. The van der Waals surface area contributed by atoms with Crippen molar-refractivity contribution in [2.75, 3.05) is 5.32 Å². The lowest BCUT2D eigenvalue weighted by Crippen LogP contribution is -2.03. The predicted octanol–water partition coefficient (Wildman–Crippen LogP) is 2.27. The van der Waals surface area contributed by atoms with Crippen LogP contribution in [-0.4, -0.2) is 20.2 Å². The zero-order valence-electron chi connectivity index (χ0n) is 10.0. The summed E-state index contributed by atoms with van der Waals surface area (Å²) in [6.45, 7) is 2.56. The third kappa shape index (κ3) is 2.02. The van der Waals surface area contributed by atoms with Crippen LogP contribution >= 0.6 is 0 Å². The van der Waals surface area contributed by atoms with E-state index in [0.29, 0.717) is 6.54 Å². The molecule has 3 rings (SSSR count). The summed E-state index contributed by atoms with van der Waals surface area (Å²) in [7, 11) is 0. The molecule has 0 saturated heterocycles. The summed E-state index contributed by atoms with van der Waals surface area (Å²) in [5.74, 6) is 0.788. The molecule has 90 valence electrons. The number of hydrogen-bond donors (Lipinski definition) is 2. The first-order valence-corrected chi connectivity index (χ1v) is 5.77. The lowest BCUT2D eigenvalue weighted by Gasteiger charge is -2.07. The first kappa shape index (κ1) is 10.7. The Balaban J connectivity index is 1.83. The maximum absolute atomic E-state index is 4.36. The standard InChI is InChI=1S/C13H13N5/c1-9-14-6-5-10(17-9)7-15-12-3-2-4-13-11(12)8-16-18-13/h2-6,8,15H,7H2,1H3,(H,16,18). The van der Waals surface area contributed by atoms with E-state index in [2.05, 4.69) is 25.5 Å². The van der Waals surface area contributed by atoms with Gasteiger partial charge in [0, 0.05) is 17.3 Å². The highest BCUT2D eigenvalue weighted by molar-refractivity contribution is 5.90. The van der Waals surface area contributed by atoms with Gasteiger partial charge in [-0.2, -0.15) is 5.10 Å². The number of fused-ring (bicyclic) bond motifs is 1. The second-order valence-corrected chi connectivity index (χ2v) is 4.09. The van der Waals surface area contributed by atoms with E-state index in [1.807, 2.05) is 37.4 Å². The molecule has 0 bridgehead atoms. The van der Waals surface area contributed by atoms with Crippen molar-refractivity contribution in [2.45, 2.75) is 13.5 Å².